The summed E-state index contributed by atoms with van der Waals surface area (Å²) in [4.78, 5) is 14.1. The highest BCUT2D eigenvalue weighted by Gasteiger charge is 2.22. The molecule has 1 aromatic carbocycles. The molecule has 104 valence electrons. The van der Waals surface area contributed by atoms with Crippen molar-refractivity contribution in [2.24, 2.45) is 0 Å². The summed E-state index contributed by atoms with van der Waals surface area (Å²) in [5.41, 5.74) is 1.14. The Morgan fingerprint density at radius 3 is 2.95 bits per heavy atom. The van der Waals surface area contributed by atoms with Crippen molar-refractivity contribution in [2.75, 3.05) is 30.4 Å². The molecule has 0 spiro atoms. The SMILES string of the molecule is CSCCC(=O)N1CCC[C@H](Nc2ccccc2)C1. The zero-order chi connectivity index (χ0) is 13.5. The van der Waals surface area contributed by atoms with Crippen molar-refractivity contribution in [3.8, 4) is 0 Å². The highest BCUT2D eigenvalue weighted by Crippen LogP contribution is 2.16. The summed E-state index contributed by atoms with van der Waals surface area (Å²) in [6.07, 6.45) is 4.94. The summed E-state index contributed by atoms with van der Waals surface area (Å²) in [6, 6.07) is 10.6. The smallest absolute Gasteiger partial charge is 0.223 e. The number of para-hydroxylation sites is 1. The maximum absolute atomic E-state index is 12.0. The molecule has 0 bridgehead atoms. The summed E-state index contributed by atoms with van der Waals surface area (Å²) >= 11 is 1.73. The summed E-state index contributed by atoms with van der Waals surface area (Å²) in [6.45, 7) is 1.75. The third-order valence-electron chi connectivity index (χ3n) is 3.44. The molecule has 19 heavy (non-hydrogen) atoms. The van der Waals surface area contributed by atoms with Gasteiger partial charge in [0.05, 0.1) is 0 Å². The number of hydrogen-bond donors (Lipinski definition) is 1. The summed E-state index contributed by atoms with van der Waals surface area (Å²) < 4.78 is 0. The maximum Gasteiger partial charge on any atom is 0.223 e. The quantitative estimate of drug-likeness (QED) is 0.899. The van der Waals surface area contributed by atoms with Gasteiger partial charge in [-0.3, -0.25) is 4.79 Å². The van der Waals surface area contributed by atoms with Gasteiger partial charge >= 0.3 is 0 Å². The van der Waals surface area contributed by atoms with Crippen molar-refractivity contribution < 1.29 is 4.79 Å². The van der Waals surface area contributed by atoms with Crippen LogP contribution in [0.25, 0.3) is 0 Å². The molecular weight excluding hydrogens is 256 g/mol. The lowest BCUT2D eigenvalue weighted by Crippen LogP contribution is -2.45. The number of anilines is 1. The van der Waals surface area contributed by atoms with Gasteiger partial charge in [-0.2, -0.15) is 11.8 Å². The van der Waals surface area contributed by atoms with Gasteiger partial charge in [0.15, 0.2) is 0 Å². The number of rotatable bonds is 5. The molecule has 4 heteroatoms. The van der Waals surface area contributed by atoms with Crippen molar-refractivity contribution in [1.82, 2.24) is 4.90 Å². The molecule has 3 nitrogen and oxygen atoms in total. The van der Waals surface area contributed by atoms with Crippen molar-refractivity contribution >= 4 is 23.4 Å². The minimum atomic E-state index is 0.300. The van der Waals surface area contributed by atoms with Crippen LogP contribution in [0.4, 0.5) is 5.69 Å². The zero-order valence-corrected chi connectivity index (χ0v) is 12.3. The van der Waals surface area contributed by atoms with Crippen LogP contribution in [0.5, 0.6) is 0 Å². The van der Waals surface area contributed by atoms with Gasteiger partial charge in [-0.25, -0.2) is 0 Å². The number of thioether (sulfide) groups is 1. The molecule has 0 radical (unpaired) electrons. The van der Waals surface area contributed by atoms with Crippen LogP contribution in [0.1, 0.15) is 19.3 Å². The van der Waals surface area contributed by atoms with E-state index in [1.807, 2.05) is 29.4 Å². The van der Waals surface area contributed by atoms with Crippen molar-refractivity contribution in [1.29, 1.82) is 0 Å². The lowest BCUT2D eigenvalue weighted by atomic mass is 10.0. The average Bonchev–Trinajstić information content (AvgIpc) is 2.46. The van der Waals surface area contributed by atoms with Crippen LogP contribution in [-0.4, -0.2) is 41.9 Å². The molecule has 1 fully saturated rings. The Kier molecular flexibility index (Phi) is 5.58. The first-order chi connectivity index (χ1) is 9.29. The van der Waals surface area contributed by atoms with E-state index in [0.717, 1.165) is 37.4 Å². The largest absolute Gasteiger partial charge is 0.381 e. The molecule has 0 unspecified atom stereocenters. The van der Waals surface area contributed by atoms with E-state index in [9.17, 15) is 4.79 Å². The van der Waals surface area contributed by atoms with E-state index in [0.29, 0.717) is 18.4 Å². The molecule has 1 amide bonds. The summed E-state index contributed by atoms with van der Waals surface area (Å²) in [5, 5.41) is 3.52. The van der Waals surface area contributed by atoms with Gasteiger partial charge in [0.2, 0.25) is 5.91 Å². The Balaban J connectivity index is 1.85. The van der Waals surface area contributed by atoms with E-state index in [1.165, 1.54) is 0 Å². The second kappa shape index (κ2) is 7.43. The van der Waals surface area contributed by atoms with Crippen molar-refractivity contribution in [3.63, 3.8) is 0 Å². The third-order valence-corrected chi connectivity index (χ3v) is 4.05. The first kappa shape index (κ1) is 14.3. The second-order valence-corrected chi connectivity index (χ2v) is 5.92. The highest BCUT2D eigenvalue weighted by atomic mass is 32.2. The molecule has 1 N–H and O–H groups in total. The molecule has 0 aromatic heterocycles. The number of hydrogen-bond acceptors (Lipinski definition) is 3. The van der Waals surface area contributed by atoms with E-state index in [1.54, 1.807) is 11.8 Å². The Hall–Kier alpha value is -1.16. The van der Waals surface area contributed by atoms with Crippen LogP contribution in [0.15, 0.2) is 30.3 Å². The molecule has 1 aliphatic heterocycles. The number of piperidine rings is 1. The Bertz CT molecular complexity index is 396. The lowest BCUT2D eigenvalue weighted by Gasteiger charge is -2.33. The molecular formula is C15H22N2OS. The molecule has 1 saturated heterocycles. The molecule has 0 saturated carbocycles. The predicted octanol–water partition coefficient (Wildman–Crippen LogP) is 2.84. The second-order valence-electron chi connectivity index (χ2n) is 4.93. The number of carbonyl (C=O) groups excluding carboxylic acids is 1. The van der Waals surface area contributed by atoms with Gasteiger partial charge < -0.3 is 10.2 Å². The molecule has 1 aliphatic rings. The highest BCUT2D eigenvalue weighted by molar-refractivity contribution is 7.98. The van der Waals surface area contributed by atoms with Gasteiger partial charge in [0.1, 0.15) is 0 Å². The van der Waals surface area contributed by atoms with E-state index in [2.05, 4.69) is 17.4 Å². The monoisotopic (exact) mass is 278 g/mol. The van der Waals surface area contributed by atoms with Crippen LogP contribution in [0, 0.1) is 0 Å². The zero-order valence-electron chi connectivity index (χ0n) is 11.5. The van der Waals surface area contributed by atoms with Gasteiger partial charge in [0.25, 0.3) is 0 Å². The van der Waals surface area contributed by atoms with E-state index in [-0.39, 0.29) is 0 Å². The minimum Gasteiger partial charge on any atom is -0.381 e. The Morgan fingerprint density at radius 2 is 2.21 bits per heavy atom. The fraction of sp³-hybridized carbons (Fsp3) is 0.533. The van der Waals surface area contributed by atoms with Crippen LogP contribution in [0.3, 0.4) is 0 Å². The van der Waals surface area contributed by atoms with Gasteiger partial charge in [-0.05, 0) is 31.2 Å². The fourth-order valence-corrected chi connectivity index (χ4v) is 2.82. The van der Waals surface area contributed by atoms with E-state index >= 15 is 0 Å². The van der Waals surface area contributed by atoms with Gasteiger partial charge in [-0.1, -0.05) is 18.2 Å². The van der Waals surface area contributed by atoms with E-state index in [4.69, 9.17) is 0 Å². The van der Waals surface area contributed by atoms with Crippen LogP contribution in [0.2, 0.25) is 0 Å². The predicted molar refractivity (Wildman–Crippen MR) is 82.7 cm³/mol. The molecule has 1 heterocycles. The molecule has 0 aliphatic carbocycles. The summed E-state index contributed by atoms with van der Waals surface area (Å²) in [5.74, 6) is 1.22. The number of likely N-dealkylation sites (tertiary alicyclic amines) is 1. The minimum absolute atomic E-state index is 0.300. The topological polar surface area (TPSA) is 32.3 Å². The lowest BCUT2D eigenvalue weighted by molar-refractivity contribution is -0.131. The van der Waals surface area contributed by atoms with E-state index < -0.39 is 0 Å². The standard InChI is InChI=1S/C15H22N2OS/c1-19-11-9-15(18)17-10-5-8-14(12-17)16-13-6-3-2-4-7-13/h2-4,6-7,14,16H,5,8-12H2,1H3/t14-/m0/s1. The number of nitrogens with zero attached hydrogens (tertiary/aromatic N) is 1. The summed E-state index contributed by atoms with van der Waals surface area (Å²) in [7, 11) is 0. The Labute approximate surface area is 119 Å². The van der Waals surface area contributed by atoms with Crippen LogP contribution >= 0.6 is 11.8 Å². The van der Waals surface area contributed by atoms with Crippen molar-refractivity contribution in [2.45, 2.75) is 25.3 Å². The average molecular weight is 278 g/mol. The molecule has 1 atom stereocenters. The maximum atomic E-state index is 12.0. The number of benzene rings is 1. The van der Waals surface area contributed by atoms with Crippen LogP contribution in [-0.2, 0) is 4.79 Å². The number of nitrogens with one attached hydrogen (secondary N) is 1. The molecule has 1 aromatic rings. The fourth-order valence-electron chi connectivity index (χ4n) is 2.44. The number of carbonyl (C=O) groups is 1. The van der Waals surface area contributed by atoms with Crippen molar-refractivity contribution in [3.05, 3.63) is 30.3 Å². The van der Waals surface area contributed by atoms with Crippen LogP contribution < -0.4 is 5.32 Å². The normalized spacial score (nSPS) is 19.2. The van der Waals surface area contributed by atoms with Gasteiger partial charge in [0, 0.05) is 37.0 Å². The van der Waals surface area contributed by atoms with Gasteiger partial charge in [-0.15, -0.1) is 0 Å². The number of amides is 1. The first-order valence-corrected chi connectivity index (χ1v) is 8.27. The molecule has 2 rings (SSSR count). The first-order valence-electron chi connectivity index (χ1n) is 6.88. The Morgan fingerprint density at radius 1 is 1.42 bits per heavy atom. The third kappa shape index (κ3) is 4.46.